The standard InChI is InChI=1S/C29H39BrN2O2/c1-27(2,3)22-7-6-17(30)14-24(22)32-26(34)23-9-8-20-19-16-31-25-15-18(33)10-12-29(25,5)21(19)11-13-28(20,23)4/h6-7,14,19-21,23H,8-13,15-16H2,1-5H3,(H,32,34)/t19?,20?,21?,23-,28+,29-/m1/s1. The van der Waals surface area contributed by atoms with Gasteiger partial charge in [0.1, 0.15) is 5.78 Å². The van der Waals surface area contributed by atoms with Gasteiger partial charge in [0.05, 0.1) is 0 Å². The second kappa shape index (κ2) is 8.28. The van der Waals surface area contributed by atoms with Gasteiger partial charge in [0, 0.05) is 46.6 Å². The van der Waals surface area contributed by atoms with E-state index >= 15 is 0 Å². The summed E-state index contributed by atoms with van der Waals surface area (Å²) in [6, 6.07) is 6.23. The number of halogens is 1. The minimum Gasteiger partial charge on any atom is -0.326 e. The molecular formula is C29H39BrN2O2. The van der Waals surface area contributed by atoms with E-state index in [0.29, 0.717) is 36.4 Å². The molecule has 3 aliphatic carbocycles. The molecule has 0 spiro atoms. The molecule has 0 aromatic heterocycles. The highest BCUT2D eigenvalue weighted by Gasteiger charge is 2.60. The number of amides is 1. The minimum atomic E-state index is -0.0435. The summed E-state index contributed by atoms with van der Waals surface area (Å²) in [4.78, 5) is 30.9. The van der Waals surface area contributed by atoms with Crippen LogP contribution in [0, 0.1) is 34.5 Å². The lowest BCUT2D eigenvalue weighted by Gasteiger charge is -2.56. The van der Waals surface area contributed by atoms with Crippen molar-refractivity contribution in [3.8, 4) is 0 Å². The fourth-order valence-corrected chi connectivity index (χ4v) is 8.49. The second-order valence-corrected chi connectivity index (χ2v) is 13.8. The maximum absolute atomic E-state index is 13.8. The molecule has 3 saturated carbocycles. The summed E-state index contributed by atoms with van der Waals surface area (Å²) < 4.78 is 0.988. The zero-order valence-corrected chi connectivity index (χ0v) is 22.9. The van der Waals surface area contributed by atoms with Crippen LogP contribution in [0.3, 0.4) is 0 Å². The number of carbonyl (C=O) groups is 2. The van der Waals surface area contributed by atoms with Crippen molar-refractivity contribution in [2.45, 2.75) is 85.0 Å². The van der Waals surface area contributed by atoms with E-state index in [1.165, 1.54) is 11.3 Å². The van der Waals surface area contributed by atoms with Crippen LogP contribution in [0.2, 0.25) is 0 Å². The molecule has 3 fully saturated rings. The molecule has 1 amide bonds. The van der Waals surface area contributed by atoms with Crippen molar-refractivity contribution >= 4 is 39.0 Å². The highest BCUT2D eigenvalue weighted by molar-refractivity contribution is 9.10. The zero-order valence-electron chi connectivity index (χ0n) is 21.3. The molecular weight excluding hydrogens is 488 g/mol. The number of rotatable bonds is 2. The average Bonchev–Trinajstić information content (AvgIpc) is 3.11. The van der Waals surface area contributed by atoms with E-state index in [9.17, 15) is 9.59 Å². The number of hydrogen-bond acceptors (Lipinski definition) is 3. The molecule has 6 atom stereocenters. The topological polar surface area (TPSA) is 58.5 Å². The Balaban J connectivity index is 1.39. The molecule has 1 aliphatic heterocycles. The first-order valence-corrected chi connectivity index (χ1v) is 13.9. The van der Waals surface area contributed by atoms with Crippen LogP contribution >= 0.6 is 15.9 Å². The molecule has 0 radical (unpaired) electrons. The van der Waals surface area contributed by atoms with Gasteiger partial charge in [-0.05, 0) is 78.4 Å². The van der Waals surface area contributed by atoms with Crippen molar-refractivity contribution in [1.29, 1.82) is 0 Å². The van der Waals surface area contributed by atoms with Gasteiger partial charge >= 0.3 is 0 Å². The SMILES string of the molecule is CC(C)(C)c1ccc(Br)cc1NC(=O)[C@H]1CCC2C3CN=C4CC(=O)CC[C@]4(C)C3CC[C@@]21C. The number of benzene rings is 1. The second-order valence-electron chi connectivity index (χ2n) is 12.9. The number of nitrogens with zero attached hydrogens (tertiary/aromatic N) is 1. The number of hydrogen-bond donors (Lipinski definition) is 1. The first-order chi connectivity index (χ1) is 15.9. The summed E-state index contributed by atoms with van der Waals surface area (Å²) in [5, 5.41) is 3.35. The molecule has 4 nitrogen and oxygen atoms in total. The Kier molecular flexibility index (Phi) is 5.90. The molecule has 1 aromatic rings. The Morgan fingerprint density at radius 2 is 1.88 bits per heavy atom. The first kappa shape index (κ1) is 24.2. The third-order valence-electron chi connectivity index (χ3n) is 10.1. The van der Waals surface area contributed by atoms with Gasteiger partial charge in [0.25, 0.3) is 0 Å². The van der Waals surface area contributed by atoms with Crippen LogP contribution in [0.5, 0.6) is 0 Å². The van der Waals surface area contributed by atoms with E-state index in [0.717, 1.165) is 48.8 Å². The van der Waals surface area contributed by atoms with Crippen molar-refractivity contribution in [1.82, 2.24) is 0 Å². The van der Waals surface area contributed by atoms with Crippen LogP contribution in [0.1, 0.15) is 85.1 Å². The fraction of sp³-hybridized carbons (Fsp3) is 0.690. The summed E-state index contributed by atoms with van der Waals surface area (Å²) in [5.41, 5.74) is 3.33. The molecule has 34 heavy (non-hydrogen) atoms. The average molecular weight is 528 g/mol. The van der Waals surface area contributed by atoms with E-state index in [1.54, 1.807) is 0 Å². The third kappa shape index (κ3) is 3.81. The lowest BCUT2D eigenvalue weighted by Crippen LogP contribution is -2.55. The number of anilines is 1. The number of Topliss-reactive ketones (excluding diaryl/α,β-unsaturated/α-hetero) is 1. The Morgan fingerprint density at radius 1 is 1.12 bits per heavy atom. The number of aliphatic imine (C=N–C) groups is 1. The minimum absolute atomic E-state index is 0.0209. The summed E-state index contributed by atoms with van der Waals surface area (Å²) in [5.74, 6) is 2.25. The zero-order chi connectivity index (χ0) is 24.5. The number of fused-ring (bicyclic) bond motifs is 5. The first-order valence-electron chi connectivity index (χ1n) is 13.1. The number of ketones is 1. The normalized spacial score (nSPS) is 37.4. The van der Waals surface area contributed by atoms with Gasteiger partial charge in [-0.25, -0.2) is 0 Å². The van der Waals surface area contributed by atoms with Crippen LogP contribution in [0.4, 0.5) is 5.69 Å². The van der Waals surface area contributed by atoms with Crippen LogP contribution in [-0.4, -0.2) is 23.9 Å². The van der Waals surface area contributed by atoms with E-state index in [4.69, 9.17) is 4.99 Å². The number of nitrogens with one attached hydrogen (secondary N) is 1. The smallest absolute Gasteiger partial charge is 0.228 e. The van der Waals surface area contributed by atoms with Crippen molar-refractivity contribution in [2.75, 3.05) is 11.9 Å². The van der Waals surface area contributed by atoms with Gasteiger partial charge < -0.3 is 5.32 Å². The molecule has 1 heterocycles. The summed E-state index contributed by atoms with van der Waals surface area (Å²) in [6.07, 6.45) is 6.54. The highest BCUT2D eigenvalue weighted by atomic mass is 79.9. The molecule has 5 heteroatoms. The Bertz CT molecular complexity index is 1060. The predicted molar refractivity (Wildman–Crippen MR) is 141 cm³/mol. The maximum atomic E-state index is 13.8. The molecule has 0 bridgehead atoms. The van der Waals surface area contributed by atoms with Gasteiger partial charge in [0.2, 0.25) is 5.91 Å². The van der Waals surface area contributed by atoms with Gasteiger partial charge in [0.15, 0.2) is 0 Å². The molecule has 5 rings (SSSR count). The quantitative estimate of drug-likeness (QED) is 0.452. The van der Waals surface area contributed by atoms with Crippen LogP contribution in [0.15, 0.2) is 27.7 Å². The van der Waals surface area contributed by atoms with Gasteiger partial charge in [-0.1, -0.05) is 56.6 Å². The van der Waals surface area contributed by atoms with Crippen LogP contribution < -0.4 is 5.32 Å². The number of carbonyl (C=O) groups excluding carboxylic acids is 2. The molecule has 184 valence electrons. The molecule has 0 saturated heterocycles. The molecule has 4 aliphatic rings. The van der Waals surface area contributed by atoms with Crippen molar-refractivity contribution in [3.63, 3.8) is 0 Å². The maximum Gasteiger partial charge on any atom is 0.228 e. The van der Waals surface area contributed by atoms with Gasteiger partial charge in [-0.2, -0.15) is 0 Å². The molecule has 3 unspecified atom stereocenters. The largest absolute Gasteiger partial charge is 0.326 e. The van der Waals surface area contributed by atoms with Gasteiger partial charge in [-0.15, -0.1) is 0 Å². The monoisotopic (exact) mass is 526 g/mol. The van der Waals surface area contributed by atoms with Gasteiger partial charge in [-0.3, -0.25) is 14.6 Å². The lowest BCUT2D eigenvalue weighted by atomic mass is 9.49. The molecule has 1 N–H and O–H groups in total. The highest BCUT2D eigenvalue weighted by Crippen LogP contribution is 2.63. The predicted octanol–water partition coefficient (Wildman–Crippen LogP) is 6.96. The Morgan fingerprint density at radius 3 is 2.62 bits per heavy atom. The van der Waals surface area contributed by atoms with E-state index in [-0.39, 0.29) is 28.1 Å². The van der Waals surface area contributed by atoms with E-state index < -0.39 is 0 Å². The Hall–Kier alpha value is -1.49. The van der Waals surface area contributed by atoms with E-state index in [1.807, 2.05) is 6.07 Å². The van der Waals surface area contributed by atoms with Crippen LogP contribution in [-0.2, 0) is 15.0 Å². The summed E-state index contributed by atoms with van der Waals surface area (Å²) in [7, 11) is 0. The summed E-state index contributed by atoms with van der Waals surface area (Å²) >= 11 is 3.59. The van der Waals surface area contributed by atoms with Crippen molar-refractivity contribution < 1.29 is 9.59 Å². The third-order valence-corrected chi connectivity index (χ3v) is 10.6. The molecule has 1 aromatic carbocycles. The van der Waals surface area contributed by atoms with E-state index in [2.05, 4.69) is 68.0 Å². The lowest BCUT2D eigenvalue weighted by molar-refractivity contribution is -0.127. The Labute approximate surface area is 212 Å². The van der Waals surface area contributed by atoms with Crippen LogP contribution in [0.25, 0.3) is 0 Å². The van der Waals surface area contributed by atoms with Crippen molar-refractivity contribution in [3.05, 3.63) is 28.2 Å². The van der Waals surface area contributed by atoms with Crippen molar-refractivity contribution in [2.24, 2.45) is 39.5 Å². The summed E-state index contributed by atoms with van der Waals surface area (Å²) in [6.45, 7) is 12.2. The fourth-order valence-electron chi connectivity index (χ4n) is 8.13.